The summed E-state index contributed by atoms with van der Waals surface area (Å²) in [5.41, 5.74) is 0. The Morgan fingerprint density at radius 1 is 0.588 bits per heavy atom. The highest BCUT2D eigenvalue weighted by atomic mass is 16.6. The van der Waals surface area contributed by atoms with Crippen LogP contribution in [0.25, 0.3) is 21.5 Å². The highest BCUT2D eigenvalue weighted by Gasteiger charge is 2.23. The average Bonchev–Trinajstić information content (AvgIpc) is 3.79. The Balaban J connectivity index is 1.07. The highest BCUT2D eigenvalue weighted by molar-refractivity contribution is 5.90. The summed E-state index contributed by atoms with van der Waals surface area (Å²) in [7, 11) is 0. The largest absolute Gasteiger partial charge is 0.491 e. The summed E-state index contributed by atoms with van der Waals surface area (Å²) in [6.07, 6.45) is 0.481. The van der Waals surface area contributed by atoms with Gasteiger partial charge < -0.3 is 28.4 Å². The lowest BCUT2D eigenvalue weighted by atomic mass is 10.1. The van der Waals surface area contributed by atoms with E-state index in [9.17, 15) is 0 Å². The highest BCUT2D eigenvalue weighted by Crippen LogP contribution is 2.31. The summed E-state index contributed by atoms with van der Waals surface area (Å²) in [5, 5.41) is 4.25. The first-order chi connectivity index (χ1) is 16.8. The van der Waals surface area contributed by atoms with E-state index in [0.717, 1.165) is 57.8 Å². The van der Waals surface area contributed by atoms with Gasteiger partial charge in [0.2, 0.25) is 0 Å². The molecule has 4 aromatic carbocycles. The van der Waals surface area contributed by atoms with E-state index in [0.29, 0.717) is 26.4 Å². The standard InChI is InChI=1S/C28H26O6/c1-3-19-13-21(31-15-23-17-33-23)7-9-25(19)27(5-1)29-11-12-30-28-6-2-4-20-14-22(8-10-26(20)28)32-16-24-18-34-24/h1-10,13-14,23-24H,11-12,15-18H2. The molecule has 2 saturated heterocycles. The molecule has 0 aliphatic carbocycles. The number of benzene rings is 4. The molecular formula is C28H26O6. The lowest BCUT2D eigenvalue weighted by molar-refractivity contribution is 0.220. The number of ether oxygens (including phenoxy) is 6. The van der Waals surface area contributed by atoms with Crippen LogP contribution in [0.1, 0.15) is 0 Å². The molecule has 2 heterocycles. The molecule has 0 spiro atoms. The number of epoxide rings is 2. The van der Waals surface area contributed by atoms with E-state index in [4.69, 9.17) is 28.4 Å². The number of fused-ring (bicyclic) bond motifs is 2. The maximum absolute atomic E-state index is 6.06. The first-order valence-corrected chi connectivity index (χ1v) is 11.6. The molecule has 0 radical (unpaired) electrons. The minimum absolute atomic E-state index is 0.241. The number of hydrogen-bond donors (Lipinski definition) is 0. The predicted octanol–water partition coefficient (Wildman–Crippen LogP) is 5.01. The summed E-state index contributed by atoms with van der Waals surface area (Å²) in [6.45, 7) is 3.65. The van der Waals surface area contributed by atoms with Crippen LogP contribution >= 0.6 is 0 Å². The molecule has 0 saturated carbocycles. The smallest absolute Gasteiger partial charge is 0.127 e. The normalized spacial score (nSPS) is 18.6. The predicted molar refractivity (Wildman–Crippen MR) is 129 cm³/mol. The molecule has 0 aromatic heterocycles. The number of hydrogen-bond acceptors (Lipinski definition) is 6. The molecule has 6 rings (SSSR count). The summed E-state index contributed by atoms with van der Waals surface area (Å²) in [5.74, 6) is 3.35. The van der Waals surface area contributed by atoms with Gasteiger partial charge in [0.15, 0.2) is 0 Å². The summed E-state index contributed by atoms with van der Waals surface area (Å²) in [4.78, 5) is 0. The van der Waals surface area contributed by atoms with E-state index < -0.39 is 0 Å². The van der Waals surface area contributed by atoms with Crippen molar-refractivity contribution in [2.45, 2.75) is 12.2 Å². The second-order valence-corrected chi connectivity index (χ2v) is 8.51. The van der Waals surface area contributed by atoms with Gasteiger partial charge in [-0.2, -0.15) is 0 Å². The van der Waals surface area contributed by atoms with Gasteiger partial charge in [0.05, 0.1) is 13.2 Å². The minimum atomic E-state index is 0.241. The molecule has 2 aliphatic heterocycles. The van der Waals surface area contributed by atoms with Crippen molar-refractivity contribution in [2.24, 2.45) is 0 Å². The Labute approximate surface area is 197 Å². The third-order valence-electron chi connectivity index (χ3n) is 5.90. The Hall–Kier alpha value is -3.48. The van der Waals surface area contributed by atoms with Crippen molar-refractivity contribution in [1.29, 1.82) is 0 Å². The Bertz CT molecular complexity index is 1190. The molecule has 0 bridgehead atoms. The summed E-state index contributed by atoms with van der Waals surface area (Å²) in [6, 6.07) is 24.1. The van der Waals surface area contributed by atoms with Gasteiger partial charge in [0.25, 0.3) is 0 Å². The Kier molecular flexibility index (Phi) is 5.83. The van der Waals surface area contributed by atoms with Crippen LogP contribution in [0.2, 0.25) is 0 Å². The van der Waals surface area contributed by atoms with Crippen molar-refractivity contribution in [2.75, 3.05) is 39.6 Å². The first-order valence-electron chi connectivity index (χ1n) is 11.6. The van der Waals surface area contributed by atoms with Gasteiger partial charge in [-0.15, -0.1) is 0 Å². The van der Waals surface area contributed by atoms with E-state index in [-0.39, 0.29) is 12.2 Å². The van der Waals surface area contributed by atoms with Crippen LogP contribution < -0.4 is 18.9 Å². The van der Waals surface area contributed by atoms with Crippen LogP contribution in [0.5, 0.6) is 23.0 Å². The van der Waals surface area contributed by atoms with E-state index in [2.05, 4.69) is 12.1 Å². The molecule has 174 valence electrons. The fraction of sp³-hybridized carbons (Fsp3) is 0.286. The van der Waals surface area contributed by atoms with Crippen LogP contribution in [0.4, 0.5) is 0 Å². The lowest BCUT2D eigenvalue weighted by Crippen LogP contribution is -2.09. The quantitative estimate of drug-likeness (QED) is 0.233. The van der Waals surface area contributed by atoms with Gasteiger partial charge in [0.1, 0.15) is 61.6 Å². The zero-order valence-electron chi connectivity index (χ0n) is 18.8. The minimum Gasteiger partial charge on any atom is -0.491 e. The molecule has 6 nitrogen and oxygen atoms in total. The monoisotopic (exact) mass is 458 g/mol. The van der Waals surface area contributed by atoms with Crippen molar-refractivity contribution in [3.63, 3.8) is 0 Å². The van der Waals surface area contributed by atoms with Crippen molar-refractivity contribution in [3.8, 4) is 23.0 Å². The Morgan fingerprint density at radius 2 is 1.06 bits per heavy atom. The molecule has 2 fully saturated rings. The third-order valence-corrected chi connectivity index (χ3v) is 5.90. The average molecular weight is 459 g/mol. The molecular weight excluding hydrogens is 432 g/mol. The van der Waals surface area contributed by atoms with Crippen LogP contribution in [0.15, 0.2) is 72.8 Å². The van der Waals surface area contributed by atoms with Crippen molar-refractivity contribution in [1.82, 2.24) is 0 Å². The lowest BCUT2D eigenvalue weighted by Gasteiger charge is -2.13. The SMILES string of the molecule is c1cc(OCCOc2cccc3cc(OCC4CO4)ccc23)c2ccc(OCC3CO3)cc2c1. The second-order valence-electron chi connectivity index (χ2n) is 8.51. The molecule has 2 atom stereocenters. The first kappa shape index (κ1) is 21.1. The van der Waals surface area contributed by atoms with E-state index in [1.165, 1.54) is 0 Å². The van der Waals surface area contributed by atoms with Crippen LogP contribution in [-0.4, -0.2) is 51.8 Å². The molecule has 2 aliphatic rings. The van der Waals surface area contributed by atoms with E-state index >= 15 is 0 Å². The van der Waals surface area contributed by atoms with Crippen molar-refractivity contribution < 1.29 is 28.4 Å². The van der Waals surface area contributed by atoms with E-state index in [1.54, 1.807) is 0 Å². The summed E-state index contributed by atoms with van der Waals surface area (Å²) >= 11 is 0. The zero-order chi connectivity index (χ0) is 22.7. The second kappa shape index (κ2) is 9.41. The zero-order valence-corrected chi connectivity index (χ0v) is 18.8. The fourth-order valence-corrected chi connectivity index (χ4v) is 3.91. The maximum atomic E-state index is 6.06. The van der Waals surface area contributed by atoms with Gasteiger partial charge >= 0.3 is 0 Å². The van der Waals surface area contributed by atoms with Gasteiger partial charge in [-0.3, -0.25) is 0 Å². The molecule has 2 unspecified atom stereocenters. The molecule has 34 heavy (non-hydrogen) atoms. The van der Waals surface area contributed by atoms with Gasteiger partial charge in [0, 0.05) is 10.8 Å². The topological polar surface area (TPSA) is 62.0 Å². The Morgan fingerprint density at radius 3 is 1.50 bits per heavy atom. The van der Waals surface area contributed by atoms with Gasteiger partial charge in [-0.1, -0.05) is 24.3 Å². The molecule has 0 amide bonds. The summed E-state index contributed by atoms with van der Waals surface area (Å²) < 4.78 is 34.1. The molecule has 6 heteroatoms. The maximum Gasteiger partial charge on any atom is 0.127 e. The van der Waals surface area contributed by atoms with Gasteiger partial charge in [-0.05, 0) is 59.3 Å². The van der Waals surface area contributed by atoms with Crippen LogP contribution in [0.3, 0.4) is 0 Å². The van der Waals surface area contributed by atoms with Crippen LogP contribution in [-0.2, 0) is 9.47 Å². The fourth-order valence-electron chi connectivity index (χ4n) is 3.91. The third kappa shape index (κ3) is 5.03. The van der Waals surface area contributed by atoms with Crippen molar-refractivity contribution >= 4 is 21.5 Å². The van der Waals surface area contributed by atoms with Crippen LogP contribution in [0, 0.1) is 0 Å². The van der Waals surface area contributed by atoms with E-state index in [1.807, 2.05) is 60.7 Å². The van der Waals surface area contributed by atoms with Crippen molar-refractivity contribution in [3.05, 3.63) is 72.8 Å². The number of rotatable bonds is 11. The molecule has 0 N–H and O–H groups in total. The van der Waals surface area contributed by atoms with Gasteiger partial charge in [-0.25, -0.2) is 0 Å². The molecule has 4 aromatic rings.